The van der Waals surface area contributed by atoms with Crippen LogP contribution in [0.2, 0.25) is 0 Å². The average molecular weight is 197 g/mol. The van der Waals surface area contributed by atoms with E-state index < -0.39 is 5.60 Å². The summed E-state index contributed by atoms with van der Waals surface area (Å²) in [6.07, 6.45) is 0. The van der Waals surface area contributed by atoms with Crippen LogP contribution in [0.1, 0.15) is 18.1 Å². The molecule has 0 bridgehead atoms. The van der Waals surface area contributed by atoms with E-state index in [9.17, 15) is 5.11 Å². The van der Waals surface area contributed by atoms with Gasteiger partial charge in [0.2, 0.25) is 0 Å². The van der Waals surface area contributed by atoms with Crippen molar-refractivity contribution in [2.75, 3.05) is 0 Å². The molecule has 15 heavy (non-hydrogen) atoms. The molecule has 2 aromatic carbocycles. The van der Waals surface area contributed by atoms with E-state index >= 15 is 0 Å². The van der Waals surface area contributed by atoms with Crippen molar-refractivity contribution < 1.29 is 5.11 Å². The lowest BCUT2D eigenvalue weighted by Crippen LogP contribution is -2.38. The molecule has 0 fully saturated rings. The zero-order valence-corrected chi connectivity index (χ0v) is 8.68. The van der Waals surface area contributed by atoms with Crippen LogP contribution in [-0.2, 0) is 5.60 Å². The molecule has 2 aromatic rings. The fourth-order valence-electron chi connectivity index (χ4n) is 1.68. The highest BCUT2D eigenvalue weighted by molar-refractivity contribution is 5.33. The molecule has 0 aliphatic rings. The maximum Gasteiger partial charge on any atom is -0.0543 e. The van der Waals surface area contributed by atoms with Crippen LogP contribution < -0.4 is 5.11 Å². The van der Waals surface area contributed by atoms with E-state index in [1.807, 2.05) is 60.7 Å². The fraction of sp³-hybridized carbons (Fsp3) is 0.143. The summed E-state index contributed by atoms with van der Waals surface area (Å²) in [6.45, 7) is 1.71. The molecule has 0 heterocycles. The molecule has 0 aliphatic carbocycles. The van der Waals surface area contributed by atoms with Crippen molar-refractivity contribution in [1.29, 1.82) is 0 Å². The first kappa shape index (κ1) is 9.94. The van der Waals surface area contributed by atoms with Crippen molar-refractivity contribution >= 4 is 0 Å². The zero-order valence-electron chi connectivity index (χ0n) is 8.68. The average Bonchev–Trinajstić information content (AvgIpc) is 2.31. The minimum absolute atomic E-state index is 0.802. The molecule has 0 spiro atoms. The Morgan fingerprint density at radius 2 is 1.07 bits per heavy atom. The van der Waals surface area contributed by atoms with Gasteiger partial charge in [0.15, 0.2) is 0 Å². The molecule has 0 unspecified atom stereocenters. The normalized spacial score (nSPS) is 11.3. The maximum absolute atomic E-state index is 12.5. The highest BCUT2D eigenvalue weighted by atomic mass is 16.3. The van der Waals surface area contributed by atoms with Crippen LogP contribution in [0.15, 0.2) is 60.7 Å². The van der Waals surface area contributed by atoms with Crippen molar-refractivity contribution in [3.63, 3.8) is 0 Å². The number of hydrogen-bond acceptors (Lipinski definition) is 1. The topological polar surface area (TPSA) is 23.1 Å². The standard InChI is InChI=1S/C14H13O/c1-14(15,12-8-4-2-5-9-12)13-10-6-3-7-11-13/h2-11H,1H3/q-1. The van der Waals surface area contributed by atoms with Gasteiger partial charge in [-0.15, -0.1) is 0 Å². The van der Waals surface area contributed by atoms with Gasteiger partial charge in [-0.05, 0) is 0 Å². The van der Waals surface area contributed by atoms with Gasteiger partial charge in [0.1, 0.15) is 0 Å². The minimum atomic E-state index is -1.16. The summed E-state index contributed by atoms with van der Waals surface area (Å²) in [5.41, 5.74) is 0.440. The highest BCUT2D eigenvalue weighted by Crippen LogP contribution is 2.25. The van der Waals surface area contributed by atoms with Crippen molar-refractivity contribution in [2.24, 2.45) is 0 Å². The van der Waals surface area contributed by atoms with Gasteiger partial charge in [-0.1, -0.05) is 84.3 Å². The molecule has 0 atom stereocenters. The monoisotopic (exact) mass is 197 g/mol. The lowest BCUT2D eigenvalue weighted by molar-refractivity contribution is -0.465. The Balaban J connectivity index is 2.44. The van der Waals surface area contributed by atoms with Crippen LogP contribution in [0, 0.1) is 0 Å². The molecule has 0 saturated carbocycles. The predicted octanol–water partition coefficient (Wildman–Crippen LogP) is 2.31. The van der Waals surface area contributed by atoms with Gasteiger partial charge in [0.25, 0.3) is 0 Å². The SMILES string of the molecule is CC([O-])(c1ccccc1)c1ccccc1. The Morgan fingerprint density at radius 1 is 0.733 bits per heavy atom. The van der Waals surface area contributed by atoms with Crippen LogP contribution in [0.5, 0.6) is 0 Å². The van der Waals surface area contributed by atoms with Crippen molar-refractivity contribution in [2.45, 2.75) is 12.5 Å². The van der Waals surface area contributed by atoms with E-state index in [1.165, 1.54) is 0 Å². The van der Waals surface area contributed by atoms with E-state index in [4.69, 9.17) is 0 Å². The predicted molar refractivity (Wildman–Crippen MR) is 59.3 cm³/mol. The summed E-state index contributed by atoms with van der Waals surface area (Å²) in [4.78, 5) is 0. The molecule has 2 rings (SSSR count). The zero-order chi connectivity index (χ0) is 10.7. The lowest BCUT2D eigenvalue weighted by Gasteiger charge is -2.37. The summed E-state index contributed by atoms with van der Waals surface area (Å²) in [7, 11) is 0. The van der Waals surface area contributed by atoms with E-state index in [2.05, 4.69) is 0 Å². The lowest BCUT2D eigenvalue weighted by atomic mass is 9.88. The molecule has 0 aliphatic heterocycles. The Kier molecular flexibility index (Phi) is 2.57. The molecule has 0 saturated heterocycles. The van der Waals surface area contributed by atoms with Crippen LogP contribution >= 0.6 is 0 Å². The second-order valence-corrected chi connectivity index (χ2v) is 3.77. The molecular weight excluding hydrogens is 184 g/mol. The Hall–Kier alpha value is -1.60. The number of rotatable bonds is 2. The quantitative estimate of drug-likeness (QED) is 0.724. The van der Waals surface area contributed by atoms with Crippen LogP contribution in [0.3, 0.4) is 0 Å². The second-order valence-electron chi connectivity index (χ2n) is 3.77. The van der Waals surface area contributed by atoms with Gasteiger partial charge in [-0.3, -0.25) is 0 Å². The molecule has 76 valence electrons. The van der Waals surface area contributed by atoms with E-state index in [0.29, 0.717) is 0 Å². The second kappa shape index (κ2) is 3.87. The minimum Gasteiger partial charge on any atom is -0.843 e. The Morgan fingerprint density at radius 3 is 1.40 bits per heavy atom. The molecule has 0 N–H and O–H groups in total. The highest BCUT2D eigenvalue weighted by Gasteiger charge is 2.14. The first-order valence-corrected chi connectivity index (χ1v) is 5.03. The first-order chi connectivity index (χ1) is 7.21. The van der Waals surface area contributed by atoms with Crippen LogP contribution in [0.25, 0.3) is 0 Å². The number of benzene rings is 2. The maximum atomic E-state index is 12.5. The molecular formula is C14H13O-. The van der Waals surface area contributed by atoms with E-state index in [-0.39, 0.29) is 0 Å². The molecule has 1 nitrogen and oxygen atoms in total. The van der Waals surface area contributed by atoms with Gasteiger partial charge in [-0.25, -0.2) is 0 Å². The van der Waals surface area contributed by atoms with E-state index in [1.54, 1.807) is 6.92 Å². The third-order valence-electron chi connectivity index (χ3n) is 2.65. The largest absolute Gasteiger partial charge is 0.843 e. The number of hydrogen-bond donors (Lipinski definition) is 0. The van der Waals surface area contributed by atoms with Crippen molar-refractivity contribution in [3.8, 4) is 0 Å². The summed E-state index contributed by atoms with van der Waals surface area (Å²) in [6, 6.07) is 18.9. The Bertz CT molecular complexity index is 376. The van der Waals surface area contributed by atoms with Crippen molar-refractivity contribution in [1.82, 2.24) is 0 Å². The van der Waals surface area contributed by atoms with Gasteiger partial charge in [0.05, 0.1) is 0 Å². The Labute approximate surface area is 90.0 Å². The van der Waals surface area contributed by atoms with Crippen LogP contribution in [0.4, 0.5) is 0 Å². The summed E-state index contributed by atoms with van der Waals surface area (Å²) >= 11 is 0. The third-order valence-corrected chi connectivity index (χ3v) is 2.65. The van der Waals surface area contributed by atoms with Crippen molar-refractivity contribution in [3.05, 3.63) is 71.8 Å². The third kappa shape index (κ3) is 1.92. The van der Waals surface area contributed by atoms with Gasteiger partial charge in [0, 0.05) is 0 Å². The molecule has 0 aromatic heterocycles. The van der Waals surface area contributed by atoms with E-state index in [0.717, 1.165) is 11.1 Å². The summed E-state index contributed by atoms with van der Waals surface area (Å²) < 4.78 is 0. The van der Waals surface area contributed by atoms with Crippen LogP contribution in [-0.4, -0.2) is 0 Å². The molecule has 1 heteroatoms. The van der Waals surface area contributed by atoms with Gasteiger partial charge in [-0.2, -0.15) is 0 Å². The molecule has 0 amide bonds. The fourth-order valence-corrected chi connectivity index (χ4v) is 1.68. The van der Waals surface area contributed by atoms with Gasteiger partial charge >= 0.3 is 0 Å². The molecule has 0 radical (unpaired) electrons. The smallest absolute Gasteiger partial charge is 0.0543 e. The first-order valence-electron chi connectivity index (χ1n) is 5.03. The summed E-state index contributed by atoms with van der Waals surface area (Å²) in [5.74, 6) is 0. The summed E-state index contributed by atoms with van der Waals surface area (Å²) in [5, 5.41) is 12.5. The van der Waals surface area contributed by atoms with Gasteiger partial charge < -0.3 is 5.11 Å².